The molecule has 0 saturated heterocycles. The van der Waals surface area contributed by atoms with Gasteiger partial charge >= 0.3 is 0 Å². The average molecular weight is 236 g/mol. The van der Waals surface area contributed by atoms with Crippen molar-refractivity contribution in [2.45, 2.75) is 65.5 Å². The van der Waals surface area contributed by atoms with E-state index < -0.39 is 0 Å². The lowest BCUT2D eigenvalue weighted by atomic mass is 9.84. The second-order valence-electron chi connectivity index (χ2n) is 5.26. The van der Waals surface area contributed by atoms with Crippen LogP contribution >= 0.6 is 0 Å². The lowest BCUT2D eigenvalue weighted by Gasteiger charge is -2.28. The van der Waals surface area contributed by atoms with Gasteiger partial charge in [0.05, 0.1) is 12.2 Å². The van der Waals surface area contributed by atoms with Crippen molar-refractivity contribution in [3.63, 3.8) is 0 Å². The molecular formula is C14H24N2O. The fourth-order valence-corrected chi connectivity index (χ4v) is 2.62. The van der Waals surface area contributed by atoms with E-state index in [1.54, 1.807) is 0 Å². The fourth-order valence-electron chi connectivity index (χ4n) is 2.62. The summed E-state index contributed by atoms with van der Waals surface area (Å²) in [6, 6.07) is 0.658. The Morgan fingerprint density at radius 3 is 2.47 bits per heavy atom. The smallest absolute Gasteiger partial charge is 0.208 e. The van der Waals surface area contributed by atoms with Crippen LogP contribution in [0.5, 0.6) is 0 Å². The van der Waals surface area contributed by atoms with Gasteiger partial charge in [-0.2, -0.15) is 0 Å². The molecule has 1 heterocycles. The van der Waals surface area contributed by atoms with Gasteiger partial charge in [-0.15, -0.1) is 0 Å². The van der Waals surface area contributed by atoms with E-state index in [1.807, 2.05) is 13.8 Å². The third-order valence-corrected chi connectivity index (χ3v) is 4.04. The Bertz CT molecular complexity index is 332. The molecule has 17 heavy (non-hydrogen) atoms. The second-order valence-corrected chi connectivity index (χ2v) is 5.26. The zero-order valence-electron chi connectivity index (χ0n) is 11.3. The molecule has 96 valence electrons. The van der Waals surface area contributed by atoms with Gasteiger partial charge in [0.25, 0.3) is 0 Å². The van der Waals surface area contributed by atoms with Crippen molar-refractivity contribution in [1.82, 2.24) is 10.3 Å². The number of nitrogens with zero attached hydrogens (tertiary/aromatic N) is 1. The highest BCUT2D eigenvalue weighted by Gasteiger charge is 2.19. The van der Waals surface area contributed by atoms with Gasteiger partial charge in [0, 0.05) is 6.04 Å². The Hall–Kier alpha value is -0.830. The fraction of sp³-hybridized carbons (Fsp3) is 0.786. The number of oxazole rings is 1. The van der Waals surface area contributed by atoms with Crippen molar-refractivity contribution < 1.29 is 4.42 Å². The van der Waals surface area contributed by atoms with Crippen LogP contribution in [0.15, 0.2) is 4.42 Å². The number of aromatic nitrogens is 1. The Kier molecular flexibility index (Phi) is 4.21. The minimum atomic E-state index is 0.658. The number of hydrogen-bond acceptors (Lipinski definition) is 3. The molecule has 0 bridgehead atoms. The van der Waals surface area contributed by atoms with Gasteiger partial charge in [-0.1, -0.05) is 13.3 Å². The summed E-state index contributed by atoms with van der Waals surface area (Å²) in [6.45, 7) is 7.04. The molecular weight excluding hydrogens is 212 g/mol. The predicted octanol–water partition coefficient (Wildman–Crippen LogP) is 3.35. The van der Waals surface area contributed by atoms with Crippen LogP contribution in [-0.2, 0) is 6.54 Å². The molecule has 1 saturated carbocycles. The minimum Gasteiger partial charge on any atom is -0.444 e. The summed E-state index contributed by atoms with van der Waals surface area (Å²) in [4.78, 5) is 4.40. The molecule has 3 heteroatoms. The molecule has 0 aromatic carbocycles. The summed E-state index contributed by atoms with van der Waals surface area (Å²) in [5.41, 5.74) is 1.01. The van der Waals surface area contributed by atoms with Crippen molar-refractivity contribution >= 4 is 0 Å². The van der Waals surface area contributed by atoms with Crippen LogP contribution in [0, 0.1) is 19.8 Å². The molecule has 1 aliphatic rings. The molecule has 3 nitrogen and oxygen atoms in total. The molecule has 1 N–H and O–H groups in total. The normalized spacial score (nSPS) is 25.1. The standard InChI is InChI=1S/C14H24N2O/c1-4-12-5-7-13(8-6-12)15-9-14-16-10(2)11(3)17-14/h12-13,15H,4-9H2,1-3H3. The first-order valence-corrected chi connectivity index (χ1v) is 6.85. The molecule has 0 atom stereocenters. The van der Waals surface area contributed by atoms with E-state index in [-0.39, 0.29) is 0 Å². The number of aryl methyl sites for hydroxylation is 2. The summed E-state index contributed by atoms with van der Waals surface area (Å²) in [5.74, 6) is 2.73. The zero-order chi connectivity index (χ0) is 12.3. The maximum absolute atomic E-state index is 5.57. The van der Waals surface area contributed by atoms with Crippen LogP contribution in [0.2, 0.25) is 0 Å². The first-order valence-electron chi connectivity index (χ1n) is 6.85. The third kappa shape index (κ3) is 3.32. The van der Waals surface area contributed by atoms with Crippen LogP contribution < -0.4 is 5.32 Å². The van der Waals surface area contributed by atoms with Gasteiger partial charge < -0.3 is 9.73 Å². The number of hydrogen-bond donors (Lipinski definition) is 1. The molecule has 1 aromatic heterocycles. The van der Waals surface area contributed by atoms with Crippen molar-refractivity contribution in [2.75, 3.05) is 0 Å². The van der Waals surface area contributed by atoms with Gasteiger partial charge in [0.2, 0.25) is 5.89 Å². The molecule has 1 fully saturated rings. The second kappa shape index (κ2) is 5.67. The van der Waals surface area contributed by atoms with Gasteiger partial charge in [-0.05, 0) is 45.4 Å². The quantitative estimate of drug-likeness (QED) is 0.871. The van der Waals surface area contributed by atoms with Crippen molar-refractivity contribution in [3.05, 3.63) is 17.3 Å². The molecule has 0 radical (unpaired) electrons. The highest BCUT2D eigenvalue weighted by molar-refractivity contribution is 5.05. The van der Waals surface area contributed by atoms with Crippen molar-refractivity contribution in [3.8, 4) is 0 Å². The van der Waals surface area contributed by atoms with Gasteiger partial charge in [-0.3, -0.25) is 0 Å². The highest BCUT2D eigenvalue weighted by atomic mass is 16.4. The van der Waals surface area contributed by atoms with E-state index >= 15 is 0 Å². The lowest BCUT2D eigenvalue weighted by Crippen LogP contribution is -2.32. The first-order chi connectivity index (χ1) is 8.19. The first kappa shape index (κ1) is 12.6. The van der Waals surface area contributed by atoms with E-state index in [1.165, 1.54) is 32.1 Å². The molecule has 1 aliphatic carbocycles. The zero-order valence-corrected chi connectivity index (χ0v) is 11.3. The Morgan fingerprint density at radius 1 is 1.24 bits per heavy atom. The van der Waals surface area contributed by atoms with E-state index in [0.717, 1.165) is 29.8 Å². The van der Waals surface area contributed by atoms with E-state index in [4.69, 9.17) is 4.42 Å². The molecule has 0 aliphatic heterocycles. The summed E-state index contributed by atoms with van der Waals surface area (Å²) < 4.78 is 5.57. The van der Waals surface area contributed by atoms with Crippen LogP contribution in [0.25, 0.3) is 0 Å². The summed E-state index contributed by atoms with van der Waals surface area (Å²) in [5, 5.41) is 3.57. The molecule has 0 amide bonds. The van der Waals surface area contributed by atoms with E-state index in [2.05, 4.69) is 17.2 Å². The van der Waals surface area contributed by atoms with Gasteiger partial charge in [0.1, 0.15) is 5.76 Å². The summed E-state index contributed by atoms with van der Waals surface area (Å²) in [7, 11) is 0. The van der Waals surface area contributed by atoms with Crippen LogP contribution in [0.4, 0.5) is 0 Å². The molecule has 0 unspecified atom stereocenters. The molecule has 2 rings (SSSR count). The summed E-state index contributed by atoms with van der Waals surface area (Å²) >= 11 is 0. The lowest BCUT2D eigenvalue weighted by molar-refractivity contribution is 0.278. The van der Waals surface area contributed by atoms with E-state index in [0.29, 0.717) is 6.04 Å². The maximum Gasteiger partial charge on any atom is 0.208 e. The Labute approximate surface area is 104 Å². The number of rotatable bonds is 4. The van der Waals surface area contributed by atoms with Crippen LogP contribution in [0.3, 0.4) is 0 Å². The SMILES string of the molecule is CCC1CCC(NCc2nc(C)c(C)o2)CC1. The van der Waals surface area contributed by atoms with Gasteiger partial charge in [-0.25, -0.2) is 4.98 Å². The van der Waals surface area contributed by atoms with Gasteiger partial charge in [0.15, 0.2) is 0 Å². The maximum atomic E-state index is 5.57. The highest BCUT2D eigenvalue weighted by Crippen LogP contribution is 2.26. The molecule has 0 spiro atoms. The largest absolute Gasteiger partial charge is 0.444 e. The topological polar surface area (TPSA) is 38.1 Å². The number of nitrogens with one attached hydrogen (secondary N) is 1. The monoisotopic (exact) mass is 236 g/mol. The van der Waals surface area contributed by atoms with Crippen LogP contribution in [0.1, 0.15) is 56.4 Å². The van der Waals surface area contributed by atoms with Crippen LogP contribution in [-0.4, -0.2) is 11.0 Å². The molecule has 1 aromatic rings. The Balaban J connectivity index is 1.75. The minimum absolute atomic E-state index is 0.658. The third-order valence-electron chi connectivity index (χ3n) is 4.04. The average Bonchev–Trinajstić information content (AvgIpc) is 2.67. The van der Waals surface area contributed by atoms with Crippen molar-refractivity contribution in [2.24, 2.45) is 5.92 Å². The summed E-state index contributed by atoms with van der Waals surface area (Å²) in [6.07, 6.45) is 6.69. The van der Waals surface area contributed by atoms with Crippen molar-refractivity contribution in [1.29, 1.82) is 0 Å². The Morgan fingerprint density at radius 2 is 1.94 bits per heavy atom. The van der Waals surface area contributed by atoms with E-state index in [9.17, 15) is 0 Å². The predicted molar refractivity (Wildman–Crippen MR) is 68.9 cm³/mol.